The summed E-state index contributed by atoms with van der Waals surface area (Å²) in [6.45, 7) is 7.31. The Hall–Kier alpha value is -1.63. The smallest absolute Gasteiger partial charge is 0.245 e. The van der Waals surface area contributed by atoms with E-state index in [-0.39, 0.29) is 6.04 Å². The molecule has 5 nitrogen and oxygen atoms in total. The largest absolute Gasteiger partial charge is 0.349 e. The van der Waals surface area contributed by atoms with Crippen LogP contribution in [0.4, 0.5) is 0 Å². The van der Waals surface area contributed by atoms with Gasteiger partial charge in [0.15, 0.2) is 0 Å². The molecular weight excluding hydrogens is 322 g/mol. The molecule has 0 saturated heterocycles. The van der Waals surface area contributed by atoms with Crippen molar-refractivity contribution in [2.75, 3.05) is 0 Å². The summed E-state index contributed by atoms with van der Waals surface area (Å²) < 4.78 is 29.7. The Bertz CT molecular complexity index is 752. The molecule has 0 spiro atoms. The molecule has 0 aliphatic carbocycles. The summed E-state index contributed by atoms with van der Waals surface area (Å²) in [7, 11) is -3.57. The van der Waals surface area contributed by atoms with Crippen LogP contribution in [0.1, 0.15) is 38.4 Å². The first kappa shape index (κ1) is 18.7. The minimum atomic E-state index is -3.57. The molecule has 0 saturated carbocycles. The number of aromatic nitrogens is 1. The molecule has 2 rings (SSSR count). The van der Waals surface area contributed by atoms with E-state index >= 15 is 0 Å². The molecule has 0 bridgehead atoms. The van der Waals surface area contributed by atoms with Crippen molar-refractivity contribution < 1.29 is 8.42 Å². The van der Waals surface area contributed by atoms with Crippen LogP contribution in [0.3, 0.4) is 0 Å². The molecule has 0 amide bonds. The third kappa shape index (κ3) is 4.06. The Morgan fingerprint density at radius 1 is 1.21 bits per heavy atom. The van der Waals surface area contributed by atoms with Crippen LogP contribution < -0.4 is 5.73 Å². The van der Waals surface area contributed by atoms with Gasteiger partial charge in [-0.3, -0.25) is 0 Å². The van der Waals surface area contributed by atoms with E-state index in [1.807, 2.05) is 48.7 Å². The highest BCUT2D eigenvalue weighted by Gasteiger charge is 2.28. The van der Waals surface area contributed by atoms with E-state index < -0.39 is 10.0 Å². The minimum absolute atomic E-state index is 0.133. The SMILES string of the molecule is CCCn1cc(S(=O)(=O)N(Cc2ccccc2)C(C)C)cc1CN. The number of nitrogens with two attached hydrogens (primary N) is 1. The van der Waals surface area contributed by atoms with Gasteiger partial charge in [0.2, 0.25) is 10.0 Å². The normalized spacial score (nSPS) is 12.2. The molecule has 0 atom stereocenters. The lowest BCUT2D eigenvalue weighted by Gasteiger charge is -2.25. The highest BCUT2D eigenvalue weighted by atomic mass is 32.2. The fourth-order valence-electron chi connectivity index (χ4n) is 2.73. The van der Waals surface area contributed by atoms with Gasteiger partial charge in [0.1, 0.15) is 4.90 Å². The summed E-state index contributed by atoms with van der Waals surface area (Å²) in [5.74, 6) is 0. The third-order valence-corrected chi connectivity index (χ3v) is 5.99. The van der Waals surface area contributed by atoms with Gasteiger partial charge in [0, 0.05) is 37.6 Å². The average Bonchev–Trinajstić information content (AvgIpc) is 2.97. The number of sulfonamides is 1. The lowest BCUT2D eigenvalue weighted by atomic mass is 10.2. The Balaban J connectivity index is 2.38. The molecule has 24 heavy (non-hydrogen) atoms. The van der Waals surface area contributed by atoms with Crippen molar-refractivity contribution in [2.24, 2.45) is 5.73 Å². The summed E-state index contributed by atoms with van der Waals surface area (Å²) in [6, 6.07) is 11.2. The fourth-order valence-corrected chi connectivity index (χ4v) is 4.42. The molecular formula is C18H27N3O2S. The standard InChI is InChI=1S/C18H27N3O2S/c1-4-10-20-14-18(11-17(20)12-19)24(22,23)21(15(2)3)13-16-8-6-5-7-9-16/h5-9,11,14-15H,4,10,12-13,19H2,1-3H3. The van der Waals surface area contributed by atoms with Crippen LogP contribution >= 0.6 is 0 Å². The molecule has 132 valence electrons. The Kier molecular flexibility index (Phi) is 6.21. The molecule has 0 fully saturated rings. The summed E-state index contributed by atoms with van der Waals surface area (Å²) in [4.78, 5) is 0.320. The second-order valence-corrected chi connectivity index (χ2v) is 8.08. The van der Waals surface area contributed by atoms with Gasteiger partial charge in [0.25, 0.3) is 0 Å². The first-order chi connectivity index (χ1) is 11.4. The maximum atomic E-state index is 13.1. The van der Waals surface area contributed by atoms with Crippen molar-refractivity contribution >= 4 is 10.0 Å². The quantitative estimate of drug-likeness (QED) is 0.797. The molecule has 6 heteroatoms. The van der Waals surface area contributed by atoms with Crippen LogP contribution in [0.2, 0.25) is 0 Å². The maximum absolute atomic E-state index is 13.1. The van der Waals surface area contributed by atoms with E-state index in [2.05, 4.69) is 6.92 Å². The minimum Gasteiger partial charge on any atom is -0.349 e. The predicted octanol–water partition coefficient (Wildman–Crippen LogP) is 2.96. The number of nitrogens with zero attached hydrogens (tertiary/aromatic N) is 2. The molecule has 1 aromatic carbocycles. The van der Waals surface area contributed by atoms with Crippen LogP contribution in [0.25, 0.3) is 0 Å². The van der Waals surface area contributed by atoms with Gasteiger partial charge in [0.05, 0.1) is 0 Å². The summed E-state index contributed by atoms with van der Waals surface area (Å²) in [5.41, 5.74) is 7.59. The van der Waals surface area contributed by atoms with Crippen molar-refractivity contribution in [3.05, 3.63) is 53.9 Å². The van der Waals surface area contributed by atoms with Crippen molar-refractivity contribution in [1.29, 1.82) is 0 Å². The number of benzene rings is 1. The molecule has 1 aromatic heterocycles. The lowest BCUT2D eigenvalue weighted by Crippen LogP contribution is -2.36. The first-order valence-corrected chi connectivity index (χ1v) is 9.79. The van der Waals surface area contributed by atoms with Crippen molar-refractivity contribution in [1.82, 2.24) is 8.87 Å². The van der Waals surface area contributed by atoms with Gasteiger partial charge in [-0.15, -0.1) is 0 Å². The second kappa shape index (κ2) is 7.96. The number of hydrogen-bond donors (Lipinski definition) is 1. The van der Waals surface area contributed by atoms with Crippen LogP contribution in [0.15, 0.2) is 47.5 Å². The van der Waals surface area contributed by atoms with Gasteiger partial charge in [-0.2, -0.15) is 4.31 Å². The Labute approximate surface area is 145 Å². The van der Waals surface area contributed by atoms with Crippen LogP contribution in [0, 0.1) is 0 Å². The topological polar surface area (TPSA) is 68.3 Å². The lowest BCUT2D eigenvalue weighted by molar-refractivity contribution is 0.348. The van der Waals surface area contributed by atoms with Crippen LogP contribution in [-0.4, -0.2) is 23.3 Å². The monoisotopic (exact) mass is 349 g/mol. The summed E-state index contributed by atoms with van der Waals surface area (Å²) in [6.07, 6.45) is 2.64. The maximum Gasteiger partial charge on any atom is 0.245 e. The van der Waals surface area contributed by atoms with E-state index in [0.29, 0.717) is 18.0 Å². The van der Waals surface area contributed by atoms with E-state index in [1.54, 1.807) is 12.3 Å². The molecule has 2 N–H and O–H groups in total. The molecule has 2 aromatic rings. The van der Waals surface area contributed by atoms with Crippen LogP contribution in [0.5, 0.6) is 0 Å². The number of aryl methyl sites for hydroxylation is 1. The second-order valence-electron chi connectivity index (χ2n) is 6.19. The van der Waals surface area contributed by atoms with Crippen molar-refractivity contribution in [3.8, 4) is 0 Å². The zero-order valence-corrected chi connectivity index (χ0v) is 15.5. The van der Waals surface area contributed by atoms with Gasteiger partial charge in [-0.1, -0.05) is 37.3 Å². The van der Waals surface area contributed by atoms with E-state index in [1.165, 1.54) is 4.31 Å². The molecule has 0 radical (unpaired) electrons. The van der Waals surface area contributed by atoms with Crippen molar-refractivity contribution in [2.45, 2.75) is 57.8 Å². The average molecular weight is 350 g/mol. The van der Waals surface area contributed by atoms with E-state index in [4.69, 9.17) is 5.73 Å². The number of rotatable bonds is 8. The summed E-state index contributed by atoms with van der Waals surface area (Å²) >= 11 is 0. The first-order valence-electron chi connectivity index (χ1n) is 8.35. The van der Waals surface area contributed by atoms with Gasteiger partial charge in [-0.25, -0.2) is 8.42 Å². The third-order valence-electron chi connectivity index (χ3n) is 4.00. The molecule has 0 unspecified atom stereocenters. The zero-order valence-electron chi connectivity index (χ0n) is 14.6. The highest BCUT2D eigenvalue weighted by molar-refractivity contribution is 7.89. The highest BCUT2D eigenvalue weighted by Crippen LogP contribution is 2.23. The fraction of sp³-hybridized carbons (Fsp3) is 0.444. The molecule has 0 aliphatic rings. The van der Waals surface area contributed by atoms with Crippen molar-refractivity contribution in [3.63, 3.8) is 0 Å². The predicted molar refractivity (Wildman–Crippen MR) is 96.9 cm³/mol. The van der Waals surface area contributed by atoms with E-state index in [9.17, 15) is 8.42 Å². The zero-order chi connectivity index (χ0) is 17.7. The molecule has 1 heterocycles. The Morgan fingerprint density at radius 2 is 1.88 bits per heavy atom. The van der Waals surface area contributed by atoms with Gasteiger partial charge < -0.3 is 10.3 Å². The van der Waals surface area contributed by atoms with Gasteiger partial charge >= 0.3 is 0 Å². The Morgan fingerprint density at radius 3 is 2.42 bits per heavy atom. The number of hydrogen-bond acceptors (Lipinski definition) is 3. The molecule has 0 aliphatic heterocycles. The van der Waals surface area contributed by atoms with Gasteiger partial charge in [-0.05, 0) is 31.9 Å². The van der Waals surface area contributed by atoms with Crippen LogP contribution in [-0.2, 0) is 29.7 Å². The summed E-state index contributed by atoms with van der Waals surface area (Å²) in [5, 5.41) is 0. The van der Waals surface area contributed by atoms with E-state index in [0.717, 1.165) is 24.2 Å².